The summed E-state index contributed by atoms with van der Waals surface area (Å²) in [4.78, 5) is 0. The molecule has 0 radical (unpaired) electrons. The molecule has 0 aromatic heterocycles. The molecule has 0 bridgehead atoms. The second kappa shape index (κ2) is 4.31. The van der Waals surface area contributed by atoms with Crippen molar-refractivity contribution in [3.8, 4) is 11.1 Å². The highest BCUT2D eigenvalue weighted by Crippen LogP contribution is 2.48. The van der Waals surface area contributed by atoms with E-state index in [9.17, 15) is 0 Å². The van der Waals surface area contributed by atoms with Gasteiger partial charge in [0.15, 0.2) is 0 Å². The van der Waals surface area contributed by atoms with Crippen LogP contribution in [0.4, 0.5) is 0 Å². The van der Waals surface area contributed by atoms with Gasteiger partial charge >= 0.3 is 0 Å². The van der Waals surface area contributed by atoms with Gasteiger partial charge < -0.3 is 5.73 Å². The zero-order chi connectivity index (χ0) is 14.4. The van der Waals surface area contributed by atoms with Crippen LogP contribution in [0.5, 0.6) is 0 Å². The van der Waals surface area contributed by atoms with Crippen molar-refractivity contribution in [2.75, 3.05) is 0 Å². The monoisotopic (exact) mass is 271 g/mol. The molecule has 0 saturated heterocycles. The third-order valence-corrected chi connectivity index (χ3v) is 4.50. The lowest BCUT2D eigenvalue weighted by Gasteiger charge is -2.28. The van der Waals surface area contributed by atoms with Gasteiger partial charge in [-0.15, -0.1) is 0 Å². The van der Waals surface area contributed by atoms with Crippen LogP contribution < -0.4 is 5.73 Å². The number of aryl methyl sites for hydroxylation is 1. The summed E-state index contributed by atoms with van der Waals surface area (Å²) in [6.45, 7) is 2.10. The predicted molar refractivity (Wildman–Crippen MR) is 87.1 cm³/mol. The summed E-state index contributed by atoms with van der Waals surface area (Å²) in [6.07, 6.45) is 0. The van der Waals surface area contributed by atoms with Crippen molar-refractivity contribution in [3.05, 3.63) is 95.1 Å². The molecule has 1 nitrogen and oxygen atoms in total. The molecule has 0 aliphatic heterocycles. The van der Waals surface area contributed by atoms with Crippen molar-refractivity contribution < 1.29 is 0 Å². The van der Waals surface area contributed by atoms with E-state index in [1.807, 2.05) is 0 Å². The number of benzene rings is 3. The molecule has 3 aromatic rings. The molecular weight excluding hydrogens is 254 g/mol. The average Bonchev–Trinajstić information content (AvgIpc) is 2.80. The van der Waals surface area contributed by atoms with Crippen LogP contribution in [0.15, 0.2) is 72.8 Å². The highest BCUT2D eigenvalue weighted by Gasteiger charge is 2.40. The molecule has 2 N–H and O–H groups in total. The van der Waals surface area contributed by atoms with E-state index in [-0.39, 0.29) is 0 Å². The van der Waals surface area contributed by atoms with Crippen molar-refractivity contribution in [2.45, 2.75) is 12.5 Å². The maximum Gasteiger partial charge on any atom is 0.0935 e. The number of fused-ring (bicyclic) bond motifs is 3. The Labute approximate surface area is 125 Å². The van der Waals surface area contributed by atoms with Gasteiger partial charge in [0.05, 0.1) is 5.54 Å². The van der Waals surface area contributed by atoms with E-state index in [1.165, 1.54) is 27.8 Å². The first-order valence-corrected chi connectivity index (χ1v) is 7.26. The Morgan fingerprint density at radius 3 is 1.67 bits per heavy atom. The zero-order valence-corrected chi connectivity index (χ0v) is 12.0. The summed E-state index contributed by atoms with van der Waals surface area (Å²) in [6, 6.07) is 25.5. The molecule has 1 heteroatoms. The van der Waals surface area contributed by atoms with E-state index >= 15 is 0 Å². The van der Waals surface area contributed by atoms with Crippen LogP contribution in [0.3, 0.4) is 0 Å². The minimum absolute atomic E-state index is 0.555. The molecule has 3 aromatic carbocycles. The molecule has 1 aliphatic carbocycles. The third-order valence-electron chi connectivity index (χ3n) is 4.50. The van der Waals surface area contributed by atoms with E-state index in [1.54, 1.807) is 0 Å². The number of hydrogen-bond donors (Lipinski definition) is 1. The Morgan fingerprint density at radius 1 is 0.667 bits per heavy atom. The molecule has 0 spiro atoms. The second-order valence-corrected chi connectivity index (χ2v) is 5.77. The average molecular weight is 271 g/mol. The van der Waals surface area contributed by atoms with Crippen LogP contribution >= 0.6 is 0 Å². The van der Waals surface area contributed by atoms with Crippen molar-refractivity contribution in [2.24, 2.45) is 5.73 Å². The van der Waals surface area contributed by atoms with Gasteiger partial charge in [0.1, 0.15) is 0 Å². The maximum absolute atomic E-state index is 6.95. The summed E-state index contributed by atoms with van der Waals surface area (Å²) >= 11 is 0. The summed E-state index contributed by atoms with van der Waals surface area (Å²) in [5.74, 6) is 0. The highest BCUT2D eigenvalue weighted by molar-refractivity contribution is 5.82. The normalized spacial score (nSPS) is 14.6. The van der Waals surface area contributed by atoms with E-state index in [4.69, 9.17) is 5.73 Å². The fraction of sp³-hybridized carbons (Fsp3) is 0.100. The van der Waals surface area contributed by atoms with E-state index < -0.39 is 5.54 Å². The Kier molecular flexibility index (Phi) is 2.54. The molecule has 0 unspecified atom stereocenters. The Hall–Kier alpha value is -2.38. The van der Waals surface area contributed by atoms with Gasteiger partial charge in [0, 0.05) is 0 Å². The SMILES string of the molecule is Cc1ccc(C2(N)c3ccccc3-c3ccccc32)cc1. The molecule has 0 amide bonds. The van der Waals surface area contributed by atoms with E-state index in [0.29, 0.717) is 0 Å². The first-order valence-electron chi connectivity index (χ1n) is 7.26. The standard InChI is InChI=1S/C20H17N/c1-14-10-12-15(13-11-14)20(21)18-8-4-2-6-16(18)17-7-3-5-9-19(17)20/h2-13H,21H2,1H3. The number of hydrogen-bond acceptors (Lipinski definition) is 1. The molecule has 4 rings (SSSR count). The number of nitrogens with two attached hydrogens (primary N) is 1. The molecule has 0 heterocycles. The topological polar surface area (TPSA) is 26.0 Å². The van der Waals surface area contributed by atoms with Crippen molar-refractivity contribution in [1.82, 2.24) is 0 Å². The predicted octanol–water partition coefficient (Wildman–Crippen LogP) is 4.23. The summed E-state index contributed by atoms with van der Waals surface area (Å²) in [5, 5.41) is 0. The lowest BCUT2D eigenvalue weighted by atomic mass is 9.81. The van der Waals surface area contributed by atoms with Gasteiger partial charge in [-0.2, -0.15) is 0 Å². The second-order valence-electron chi connectivity index (χ2n) is 5.77. The lowest BCUT2D eigenvalue weighted by Crippen LogP contribution is -2.37. The maximum atomic E-state index is 6.95. The number of rotatable bonds is 1. The Bertz CT molecular complexity index is 770. The third kappa shape index (κ3) is 1.61. The molecule has 0 saturated carbocycles. The quantitative estimate of drug-likeness (QED) is 0.704. The summed E-state index contributed by atoms with van der Waals surface area (Å²) in [7, 11) is 0. The molecule has 21 heavy (non-hydrogen) atoms. The van der Waals surface area contributed by atoms with Crippen LogP contribution in [-0.2, 0) is 5.54 Å². The summed E-state index contributed by atoms with van der Waals surface area (Å²) < 4.78 is 0. The Balaban J connectivity index is 2.06. The van der Waals surface area contributed by atoms with E-state index in [0.717, 1.165) is 5.56 Å². The van der Waals surface area contributed by atoms with Crippen LogP contribution in [0, 0.1) is 6.92 Å². The van der Waals surface area contributed by atoms with Gasteiger partial charge in [-0.05, 0) is 34.7 Å². The molecule has 1 aliphatic rings. The van der Waals surface area contributed by atoms with Gasteiger partial charge in [-0.25, -0.2) is 0 Å². The smallest absolute Gasteiger partial charge is 0.0935 e. The van der Waals surface area contributed by atoms with Crippen molar-refractivity contribution in [3.63, 3.8) is 0 Å². The van der Waals surface area contributed by atoms with Gasteiger partial charge in [-0.3, -0.25) is 0 Å². The molecule has 102 valence electrons. The minimum atomic E-state index is -0.555. The molecule has 0 atom stereocenters. The van der Waals surface area contributed by atoms with Crippen LogP contribution in [-0.4, -0.2) is 0 Å². The van der Waals surface area contributed by atoms with Gasteiger partial charge in [0.2, 0.25) is 0 Å². The fourth-order valence-corrected chi connectivity index (χ4v) is 3.40. The largest absolute Gasteiger partial charge is 0.314 e. The Morgan fingerprint density at radius 2 is 1.14 bits per heavy atom. The van der Waals surface area contributed by atoms with Crippen LogP contribution in [0.2, 0.25) is 0 Å². The zero-order valence-electron chi connectivity index (χ0n) is 12.0. The lowest BCUT2D eigenvalue weighted by molar-refractivity contribution is 0.672. The van der Waals surface area contributed by atoms with Gasteiger partial charge in [0.25, 0.3) is 0 Å². The molecule has 0 fully saturated rings. The first-order chi connectivity index (χ1) is 10.2. The van der Waals surface area contributed by atoms with E-state index in [2.05, 4.69) is 79.7 Å². The summed E-state index contributed by atoms with van der Waals surface area (Å²) in [5.41, 5.74) is 13.7. The van der Waals surface area contributed by atoms with Gasteiger partial charge in [-0.1, -0.05) is 78.4 Å². The van der Waals surface area contributed by atoms with Crippen molar-refractivity contribution >= 4 is 0 Å². The first kappa shape index (κ1) is 12.4. The van der Waals surface area contributed by atoms with Crippen LogP contribution in [0.25, 0.3) is 11.1 Å². The minimum Gasteiger partial charge on any atom is -0.314 e. The van der Waals surface area contributed by atoms with Crippen molar-refractivity contribution in [1.29, 1.82) is 0 Å². The molecular formula is C20H17N. The fourth-order valence-electron chi connectivity index (χ4n) is 3.40. The highest BCUT2D eigenvalue weighted by atomic mass is 14.8. The van der Waals surface area contributed by atoms with Crippen LogP contribution in [0.1, 0.15) is 22.3 Å².